The second kappa shape index (κ2) is 5.55. The summed E-state index contributed by atoms with van der Waals surface area (Å²) in [6, 6.07) is 7.48. The number of primary sulfonamides is 1. The lowest BCUT2D eigenvalue weighted by Gasteiger charge is -2.63. The molecular formula is C17H24N2O3S. The molecule has 1 aliphatic heterocycles. The van der Waals surface area contributed by atoms with Gasteiger partial charge in [-0.05, 0) is 49.9 Å². The summed E-state index contributed by atoms with van der Waals surface area (Å²) in [4.78, 5) is 0.174. The van der Waals surface area contributed by atoms with E-state index in [0.29, 0.717) is 23.5 Å². The summed E-state index contributed by atoms with van der Waals surface area (Å²) >= 11 is 0. The monoisotopic (exact) mass is 336 g/mol. The summed E-state index contributed by atoms with van der Waals surface area (Å²) in [5, 5.41) is 8.88. The third-order valence-corrected chi connectivity index (χ3v) is 7.00. The van der Waals surface area contributed by atoms with Crippen molar-refractivity contribution in [1.29, 1.82) is 0 Å². The van der Waals surface area contributed by atoms with E-state index in [0.717, 1.165) is 25.1 Å². The molecule has 5 nitrogen and oxygen atoms in total. The summed E-state index contributed by atoms with van der Waals surface area (Å²) in [6.07, 6.45) is 6.52. The molecule has 126 valence electrons. The minimum absolute atomic E-state index is 0.174. The van der Waals surface area contributed by atoms with Crippen LogP contribution in [0.5, 0.6) is 0 Å². The molecule has 0 bridgehead atoms. The van der Waals surface area contributed by atoms with E-state index in [1.807, 2.05) is 12.1 Å². The van der Waals surface area contributed by atoms with Gasteiger partial charge in [-0.3, -0.25) is 0 Å². The highest BCUT2D eigenvalue weighted by Crippen LogP contribution is 2.62. The van der Waals surface area contributed by atoms with Gasteiger partial charge >= 0.3 is 0 Å². The molecule has 0 amide bonds. The van der Waals surface area contributed by atoms with Crippen molar-refractivity contribution in [2.75, 3.05) is 13.2 Å². The standard InChI is InChI=1S/C17H24N2O3S/c18-23(20,21)13-4-2-12(3-5-13)6-10-19-15-14-7-11-22-16(14)17(15)8-1-9-17/h2-5,14-16,19H,1,6-11H2,(H2,18,20,21)/t14-,15+,16-/m0/s1. The van der Waals surface area contributed by atoms with Gasteiger partial charge in [-0.1, -0.05) is 18.6 Å². The van der Waals surface area contributed by atoms with E-state index in [1.54, 1.807) is 12.1 Å². The fraction of sp³-hybridized carbons (Fsp3) is 0.647. The fourth-order valence-electron chi connectivity index (χ4n) is 4.78. The zero-order valence-corrected chi connectivity index (χ0v) is 14.0. The number of nitrogens with two attached hydrogens (primary N) is 1. The van der Waals surface area contributed by atoms with Crippen LogP contribution in [0.2, 0.25) is 0 Å². The van der Waals surface area contributed by atoms with E-state index in [9.17, 15) is 8.42 Å². The first-order chi connectivity index (χ1) is 11.0. The van der Waals surface area contributed by atoms with E-state index in [-0.39, 0.29) is 4.90 Å². The number of ether oxygens (including phenoxy) is 1. The smallest absolute Gasteiger partial charge is 0.238 e. The van der Waals surface area contributed by atoms with Crippen LogP contribution in [0.1, 0.15) is 31.2 Å². The van der Waals surface area contributed by atoms with Crippen LogP contribution in [-0.4, -0.2) is 33.7 Å². The van der Waals surface area contributed by atoms with Crippen molar-refractivity contribution in [3.05, 3.63) is 29.8 Å². The maximum Gasteiger partial charge on any atom is 0.238 e. The summed E-state index contributed by atoms with van der Waals surface area (Å²) in [5.41, 5.74) is 1.55. The van der Waals surface area contributed by atoms with Crippen molar-refractivity contribution in [2.45, 2.75) is 49.1 Å². The van der Waals surface area contributed by atoms with Crippen LogP contribution < -0.4 is 10.5 Å². The maximum absolute atomic E-state index is 11.3. The largest absolute Gasteiger partial charge is 0.377 e. The maximum atomic E-state index is 11.3. The van der Waals surface area contributed by atoms with Crippen LogP contribution in [0.4, 0.5) is 0 Å². The van der Waals surface area contributed by atoms with Crippen LogP contribution in [0.15, 0.2) is 29.2 Å². The average molecular weight is 336 g/mol. The molecule has 6 heteroatoms. The SMILES string of the molecule is NS(=O)(=O)c1ccc(CCN[C@@H]2[C@@H]3CCO[C@@H]3C23CCC3)cc1. The average Bonchev–Trinajstić information content (AvgIpc) is 2.86. The molecule has 0 radical (unpaired) electrons. The topological polar surface area (TPSA) is 81.4 Å². The Balaban J connectivity index is 1.33. The Bertz CT molecular complexity index is 682. The Kier molecular flexibility index (Phi) is 3.76. The molecule has 2 saturated carbocycles. The molecule has 0 aromatic heterocycles. The van der Waals surface area contributed by atoms with E-state index in [4.69, 9.17) is 9.88 Å². The Hall–Kier alpha value is -0.950. The molecule has 3 N–H and O–H groups in total. The summed E-state index contributed by atoms with van der Waals surface area (Å²) in [5.74, 6) is 0.694. The number of hydrogen-bond acceptors (Lipinski definition) is 4. The molecule has 0 unspecified atom stereocenters. The molecule has 2 aliphatic carbocycles. The molecule has 4 rings (SSSR count). The lowest BCUT2D eigenvalue weighted by molar-refractivity contribution is -0.175. The Morgan fingerprint density at radius 3 is 2.61 bits per heavy atom. The van der Waals surface area contributed by atoms with Gasteiger partial charge in [0.1, 0.15) is 0 Å². The van der Waals surface area contributed by atoms with E-state index in [2.05, 4.69) is 5.32 Å². The molecule has 1 aromatic carbocycles. The zero-order chi connectivity index (χ0) is 16.1. The molecule has 1 heterocycles. The van der Waals surface area contributed by atoms with Gasteiger partial charge in [-0.25, -0.2) is 13.6 Å². The summed E-state index contributed by atoms with van der Waals surface area (Å²) in [6.45, 7) is 1.84. The van der Waals surface area contributed by atoms with Crippen LogP contribution >= 0.6 is 0 Å². The lowest BCUT2D eigenvalue weighted by Crippen LogP contribution is -2.71. The molecule has 3 fully saturated rings. The van der Waals surface area contributed by atoms with Crippen LogP contribution in [0.25, 0.3) is 0 Å². The molecule has 23 heavy (non-hydrogen) atoms. The first kappa shape index (κ1) is 15.6. The van der Waals surface area contributed by atoms with Crippen LogP contribution in [0, 0.1) is 11.3 Å². The number of sulfonamides is 1. The van der Waals surface area contributed by atoms with Crippen molar-refractivity contribution in [2.24, 2.45) is 16.5 Å². The van der Waals surface area contributed by atoms with Crippen molar-refractivity contribution in [3.63, 3.8) is 0 Å². The molecular weight excluding hydrogens is 312 g/mol. The quantitative estimate of drug-likeness (QED) is 0.852. The van der Waals surface area contributed by atoms with Gasteiger partial charge in [0.05, 0.1) is 11.0 Å². The predicted molar refractivity (Wildman–Crippen MR) is 87.4 cm³/mol. The second-order valence-electron chi connectivity index (χ2n) is 7.20. The second-order valence-corrected chi connectivity index (χ2v) is 8.76. The van der Waals surface area contributed by atoms with Crippen molar-refractivity contribution in [1.82, 2.24) is 5.32 Å². The number of hydrogen-bond donors (Lipinski definition) is 2. The van der Waals surface area contributed by atoms with Crippen LogP contribution in [0.3, 0.4) is 0 Å². The van der Waals surface area contributed by atoms with Gasteiger partial charge in [-0.15, -0.1) is 0 Å². The van der Waals surface area contributed by atoms with Gasteiger partial charge < -0.3 is 10.1 Å². The zero-order valence-electron chi connectivity index (χ0n) is 13.2. The third-order valence-electron chi connectivity index (χ3n) is 6.07. The van der Waals surface area contributed by atoms with Gasteiger partial charge in [0.15, 0.2) is 0 Å². The normalized spacial score (nSPS) is 31.4. The van der Waals surface area contributed by atoms with Gasteiger partial charge in [0.2, 0.25) is 10.0 Å². The fourth-order valence-corrected chi connectivity index (χ4v) is 5.29. The van der Waals surface area contributed by atoms with E-state index in [1.165, 1.54) is 25.7 Å². The minimum atomic E-state index is -3.60. The van der Waals surface area contributed by atoms with E-state index < -0.39 is 10.0 Å². The minimum Gasteiger partial charge on any atom is -0.377 e. The molecule has 3 aliphatic rings. The highest BCUT2D eigenvalue weighted by Gasteiger charge is 2.66. The Morgan fingerprint density at radius 1 is 1.26 bits per heavy atom. The first-order valence-corrected chi connectivity index (χ1v) is 10.0. The van der Waals surface area contributed by atoms with Gasteiger partial charge in [0.25, 0.3) is 0 Å². The molecule has 1 spiro atoms. The van der Waals surface area contributed by atoms with Crippen molar-refractivity contribution in [3.8, 4) is 0 Å². The number of nitrogens with one attached hydrogen (secondary N) is 1. The van der Waals surface area contributed by atoms with Crippen molar-refractivity contribution < 1.29 is 13.2 Å². The molecule has 1 saturated heterocycles. The first-order valence-electron chi connectivity index (χ1n) is 8.47. The highest BCUT2D eigenvalue weighted by atomic mass is 32.2. The summed E-state index contributed by atoms with van der Waals surface area (Å²) in [7, 11) is -3.60. The predicted octanol–water partition coefficient (Wildman–Crippen LogP) is 1.42. The highest BCUT2D eigenvalue weighted by molar-refractivity contribution is 7.89. The number of fused-ring (bicyclic) bond motifs is 2. The van der Waals surface area contributed by atoms with Gasteiger partial charge in [-0.2, -0.15) is 0 Å². The number of rotatable bonds is 5. The van der Waals surface area contributed by atoms with E-state index >= 15 is 0 Å². The van der Waals surface area contributed by atoms with Crippen LogP contribution in [-0.2, 0) is 21.2 Å². The molecule has 1 aromatic rings. The Labute approximate surface area is 137 Å². The Morgan fingerprint density at radius 2 is 2.00 bits per heavy atom. The summed E-state index contributed by atoms with van der Waals surface area (Å²) < 4.78 is 28.5. The lowest BCUT2D eigenvalue weighted by atomic mass is 9.46. The van der Waals surface area contributed by atoms with Crippen molar-refractivity contribution >= 4 is 10.0 Å². The number of benzene rings is 1. The van der Waals surface area contributed by atoms with Gasteiger partial charge in [0, 0.05) is 24.0 Å². The molecule has 3 atom stereocenters. The third kappa shape index (κ3) is 2.52.